The summed E-state index contributed by atoms with van der Waals surface area (Å²) in [5.74, 6) is 0.476. The van der Waals surface area contributed by atoms with Crippen LogP contribution in [0.15, 0.2) is 72.8 Å². The molecule has 0 unspecified atom stereocenters. The predicted molar refractivity (Wildman–Crippen MR) is 129 cm³/mol. The van der Waals surface area contributed by atoms with Crippen LogP contribution in [0.3, 0.4) is 0 Å². The van der Waals surface area contributed by atoms with Gasteiger partial charge in [-0.25, -0.2) is 4.39 Å². The van der Waals surface area contributed by atoms with Crippen molar-refractivity contribution in [1.82, 2.24) is 9.80 Å². The standard InChI is InChI=1S/C28H35FN2/c1-22(2)18-23-10-9-11-24(19-23)20-31(17-16-30(3)4)21-25-12-5-6-13-26(25)27-14-7-8-15-28(27)29/h5-15,19,22H,16-18,20-21H2,1-4H3. The molecule has 31 heavy (non-hydrogen) atoms. The molecule has 2 nitrogen and oxygen atoms in total. The van der Waals surface area contributed by atoms with E-state index in [4.69, 9.17) is 0 Å². The van der Waals surface area contributed by atoms with Crippen LogP contribution in [0, 0.1) is 11.7 Å². The summed E-state index contributed by atoms with van der Waals surface area (Å²) in [6.07, 6.45) is 1.10. The summed E-state index contributed by atoms with van der Waals surface area (Å²) in [4.78, 5) is 4.68. The van der Waals surface area contributed by atoms with Crippen molar-refractivity contribution >= 4 is 0 Å². The summed E-state index contributed by atoms with van der Waals surface area (Å²) >= 11 is 0. The van der Waals surface area contributed by atoms with Gasteiger partial charge in [0, 0.05) is 31.7 Å². The van der Waals surface area contributed by atoms with Gasteiger partial charge in [0.05, 0.1) is 0 Å². The zero-order valence-corrected chi connectivity index (χ0v) is 19.3. The molecule has 0 amide bonds. The van der Waals surface area contributed by atoms with Crippen molar-refractivity contribution < 1.29 is 4.39 Å². The molecule has 164 valence electrons. The summed E-state index contributed by atoms with van der Waals surface area (Å²) in [5, 5.41) is 0. The van der Waals surface area contributed by atoms with Gasteiger partial charge in [-0.3, -0.25) is 4.90 Å². The maximum absolute atomic E-state index is 14.5. The van der Waals surface area contributed by atoms with E-state index in [1.165, 1.54) is 17.2 Å². The van der Waals surface area contributed by atoms with E-state index in [0.29, 0.717) is 11.5 Å². The zero-order chi connectivity index (χ0) is 22.2. The predicted octanol–water partition coefficient (Wildman–Crippen LogP) is 6.26. The molecule has 0 aliphatic rings. The molecule has 0 atom stereocenters. The Kier molecular flexibility index (Phi) is 8.39. The molecule has 0 saturated carbocycles. The fourth-order valence-corrected chi connectivity index (χ4v) is 3.98. The van der Waals surface area contributed by atoms with E-state index < -0.39 is 0 Å². The van der Waals surface area contributed by atoms with Gasteiger partial charge in [-0.1, -0.05) is 80.6 Å². The van der Waals surface area contributed by atoms with E-state index in [-0.39, 0.29) is 5.82 Å². The lowest BCUT2D eigenvalue weighted by molar-refractivity contribution is 0.226. The lowest BCUT2D eigenvalue weighted by Gasteiger charge is -2.26. The van der Waals surface area contributed by atoms with Crippen LogP contribution < -0.4 is 0 Å². The number of hydrogen-bond acceptors (Lipinski definition) is 2. The molecule has 0 aliphatic heterocycles. The molecular weight excluding hydrogens is 383 g/mol. The average Bonchev–Trinajstić information content (AvgIpc) is 2.73. The Hall–Kier alpha value is -2.49. The highest BCUT2D eigenvalue weighted by Gasteiger charge is 2.14. The molecule has 3 rings (SSSR count). The van der Waals surface area contributed by atoms with Gasteiger partial charge in [-0.15, -0.1) is 0 Å². The van der Waals surface area contributed by atoms with Crippen LogP contribution in [0.2, 0.25) is 0 Å². The van der Waals surface area contributed by atoms with Gasteiger partial charge in [0.15, 0.2) is 0 Å². The second kappa shape index (κ2) is 11.2. The third-order valence-corrected chi connectivity index (χ3v) is 5.48. The first-order chi connectivity index (χ1) is 14.9. The van der Waals surface area contributed by atoms with E-state index in [0.717, 1.165) is 43.7 Å². The molecule has 0 aliphatic carbocycles. The first kappa shape index (κ1) is 23.2. The van der Waals surface area contributed by atoms with Gasteiger partial charge in [0.25, 0.3) is 0 Å². The molecule has 0 bridgehead atoms. The molecule has 0 heterocycles. The molecule has 3 heteroatoms. The van der Waals surface area contributed by atoms with Crippen molar-refractivity contribution in [2.24, 2.45) is 5.92 Å². The highest BCUT2D eigenvalue weighted by molar-refractivity contribution is 5.67. The van der Waals surface area contributed by atoms with E-state index in [9.17, 15) is 4.39 Å². The first-order valence-electron chi connectivity index (χ1n) is 11.2. The van der Waals surface area contributed by atoms with Crippen LogP contribution in [-0.2, 0) is 19.5 Å². The van der Waals surface area contributed by atoms with Gasteiger partial charge >= 0.3 is 0 Å². The van der Waals surface area contributed by atoms with Crippen LogP contribution >= 0.6 is 0 Å². The highest BCUT2D eigenvalue weighted by atomic mass is 19.1. The highest BCUT2D eigenvalue weighted by Crippen LogP contribution is 2.27. The fourth-order valence-electron chi connectivity index (χ4n) is 3.98. The van der Waals surface area contributed by atoms with Crippen molar-refractivity contribution in [3.63, 3.8) is 0 Å². The molecule has 0 radical (unpaired) electrons. The van der Waals surface area contributed by atoms with Gasteiger partial charge in [0.1, 0.15) is 5.82 Å². The monoisotopic (exact) mass is 418 g/mol. The second-order valence-electron chi connectivity index (χ2n) is 9.07. The average molecular weight is 419 g/mol. The van der Waals surface area contributed by atoms with E-state index in [1.54, 1.807) is 6.07 Å². The Labute approximate surface area is 187 Å². The number of rotatable bonds is 10. The maximum atomic E-state index is 14.5. The first-order valence-corrected chi connectivity index (χ1v) is 11.2. The quantitative estimate of drug-likeness (QED) is 0.384. The largest absolute Gasteiger partial charge is 0.308 e. The number of benzene rings is 3. The fraction of sp³-hybridized carbons (Fsp3) is 0.357. The molecule has 0 fully saturated rings. The second-order valence-corrected chi connectivity index (χ2v) is 9.07. The lowest BCUT2D eigenvalue weighted by atomic mass is 9.98. The third-order valence-electron chi connectivity index (χ3n) is 5.48. The summed E-state index contributed by atoms with van der Waals surface area (Å²) < 4.78 is 14.5. The normalized spacial score (nSPS) is 11.6. The third kappa shape index (κ3) is 7.02. The summed E-state index contributed by atoms with van der Waals surface area (Å²) in [5.41, 5.74) is 5.53. The van der Waals surface area contributed by atoms with E-state index >= 15 is 0 Å². The Morgan fingerprint density at radius 2 is 1.42 bits per heavy atom. The molecule has 3 aromatic carbocycles. The van der Waals surface area contributed by atoms with Gasteiger partial charge in [0.2, 0.25) is 0 Å². The van der Waals surface area contributed by atoms with Crippen molar-refractivity contribution in [2.45, 2.75) is 33.4 Å². The zero-order valence-electron chi connectivity index (χ0n) is 19.3. The Bertz CT molecular complexity index is 964. The number of hydrogen-bond donors (Lipinski definition) is 0. The van der Waals surface area contributed by atoms with Crippen molar-refractivity contribution in [3.8, 4) is 11.1 Å². The number of likely N-dealkylation sites (N-methyl/N-ethyl adjacent to an activating group) is 1. The molecule has 0 spiro atoms. The lowest BCUT2D eigenvalue weighted by Crippen LogP contribution is -2.31. The number of halogens is 1. The Balaban J connectivity index is 1.85. The van der Waals surface area contributed by atoms with Crippen LogP contribution in [0.4, 0.5) is 4.39 Å². The summed E-state index contributed by atoms with van der Waals surface area (Å²) in [6, 6.07) is 24.2. The summed E-state index contributed by atoms with van der Waals surface area (Å²) in [7, 11) is 4.21. The number of nitrogens with zero attached hydrogens (tertiary/aromatic N) is 2. The molecule has 0 N–H and O–H groups in total. The topological polar surface area (TPSA) is 6.48 Å². The molecule has 3 aromatic rings. The van der Waals surface area contributed by atoms with E-state index in [1.807, 2.05) is 30.3 Å². The van der Waals surface area contributed by atoms with Crippen molar-refractivity contribution in [1.29, 1.82) is 0 Å². The maximum Gasteiger partial charge on any atom is 0.131 e. The minimum Gasteiger partial charge on any atom is -0.308 e. The van der Waals surface area contributed by atoms with Gasteiger partial charge in [-0.2, -0.15) is 0 Å². The molecule has 0 saturated heterocycles. The smallest absolute Gasteiger partial charge is 0.131 e. The van der Waals surface area contributed by atoms with Crippen LogP contribution in [0.1, 0.15) is 30.5 Å². The van der Waals surface area contributed by atoms with Crippen LogP contribution in [0.5, 0.6) is 0 Å². The summed E-state index contributed by atoms with van der Waals surface area (Å²) in [6.45, 7) is 8.12. The van der Waals surface area contributed by atoms with Gasteiger partial charge < -0.3 is 4.90 Å². The SMILES string of the molecule is CC(C)Cc1cccc(CN(CCN(C)C)Cc2ccccc2-c2ccccc2F)c1. The molecular formula is C28H35FN2. The van der Waals surface area contributed by atoms with Crippen molar-refractivity contribution in [3.05, 3.63) is 95.3 Å². The molecule has 0 aromatic heterocycles. The van der Waals surface area contributed by atoms with Crippen molar-refractivity contribution in [2.75, 3.05) is 27.2 Å². The van der Waals surface area contributed by atoms with Crippen LogP contribution in [-0.4, -0.2) is 37.0 Å². The minimum absolute atomic E-state index is 0.170. The Morgan fingerprint density at radius 1 is 0.742 bits per heavy atom. The Morgan fingerprint density at radius 3 is 2.13 bits per heavy atom. The van der Waals surface area contributed by atoms with Gasteiger partial charge in [-0.05, 0) is 54.8 Å². The minimum atomic E-state index is -0.170. The van der Waals surface area contributed by atoms with E-state index in [2.05, 4.69) is 68.1 Å². The van der Waals surface area contributed by atoms with Crippen LogP contribution in [0.25, 0.3) is 11.1 Å².